The minimum atomic E-state index is -3.77. The van der Waals surface area contributed by atoms with Gasteiger partial charge in [0.05, 0.1) is 37.9 Å². The molecule has 0 saturated carbocycles. The maximum Gasteiger partial charge on any atom is 0.326 e. The van der Waals surface area contributed by atoms with Crippen molar-refractivity contribution < 1.29 is 28.4 Å². The molecule has 2 aromatic heterocycles. The van der Waals surface area contributed by atoms with Crippen molar-refractivity contribution in [2.75, 3.05) is 25.3 Å². The van der Waals surface area contributed by atoms with E-state index in [1.54, 1.807) is 46.3 Å². The molecule has 0 aromatic carbocycles. The van der Waals surface area contributed by atoms with Crippen molar-refractivity contribution in [2.45, 2.75) is 125 Å². The average molecular weight is 653 g/mol. The van der Waals surface area contributed by atoms with E-state index >= 15 is 0 Å². The molecular weight excluding hydrogens is 595 g/mol. The van der Waals surface area contributed by atoms with E-state index < -0.39 is 36.6 Å². The fourth-order valence-corrected chi connectivity index (χ4v) is 7.40. The highest BCUT2D eigenvalue weighted by Gasteiger charge is 2.43. The van der Waals surface area contributed by atoms with E-state index in [9.17, 15) is 14.2 Å². The van der Waals surface area contributed by atoms with E-state index in [2.05, 4.69) is 47.8 Å². The number of hydrogen-bond acceptors (Lipinski definition) is 9. The summed E-state index contributed by atoms with van der Waals surface area (Å²) in [5.41, 5.74) is 5.06. The first kappa shape index (κ1) is 38.7. The summed E-state index contributed by atoms with van der Waals surface area (Å²) in [5.74, 6) is 0.0765. The van der Waals surface area contributed by atoms with Crippen molar-refractivity contribution in [3.05, 3.63) is 18.6 Å². The molecule has 2 rings (SSSR count). The Labute approximate surface area is 269 Å². The molecule has 0 bridgehead atoms. The van der Waals surface area contributed by atoms with E-state index in [0.717, 1.165) is 38.5 Å². The number of anilines is 1. The van der Waals surface area contributed by atoms with Gasteiger partial charge in [0.15, 0.2) is 5.65 Å². The lowest BCUT2D eigenvalue weighted by molar-refractivity contribution is -0.149. The third-order valence-electron chi connectivity index (χ3n) is 7.29. The standard InChI is InChI=1S/C32H57N6O6P/c1-23(2)14-10-12-18-42-29(39)31(6,7)36-45(41,37-32(8,9)30(40)43-19-13-11-15-24(3)4)22-44-25(5)20-38-21-35-27-26(33)16-17-34-28(27)38/h16-17,21,23-25H,10-15,18-20,22H2,1-9H3,(H2,33,34)(H2,36,37,41)/t25-/m1/s1. The van der Waals surface area contributed by atoms with Crippen molar-refractivity contribution in [1.82, 2.24) is 24.7 Å². The Bertz CT molecular complexity index is 1230. The van der Waals surface area contributed by atoms with Crippen molar-refractivity contribution in [2.24, 2.45) is 11.8 Å². The smallest absolute Gasteiger partial charge is 0.326 e. The van der Waals surface area contributed by atoms with Crippen LogP contribution in [0.15, 0.2) is 18.6 Å². The van der Waals surface area contributed by atoms with Gasteiger partial charge in [0.25, 0.3) is 0 Å². The summed E-state index contributed by atoms with van der Waals surface area (Å²) >= 11 is 0. The van der Waals surface area contributed by atoms with E-state index in [-0.39, 0.29) is 19.6 Å². The predicted molar refractivity (Wildman–Crippen MR) is 179 cm³/mol. The number of rotatable bonds is 21. The number of nitrogens with zero attached hydrogens (tertiary/aromatic N) is 3. The Morgan fingerprint density at radius 2 is 1.40 bits per heavy atom. The van der Waals surface area contributed by atoms with Gasteiger partial charge >= 0.3 is 11.9 Å². The monoisotopic (exact) mass is 652 g/mol. The summed E-state index contributed by atoms with van der Waals surface area (Å²) in [7, 11) is -3.77. The number of unbranched alkanes of at least 4 members (excludes halogenated alkanes) is 2. The van der Waals surface area contributed by atoms with Crippen LogP contribution in [-0.2, 0) is 34.9 Å². The summed E-state index contributed by atoms with van der Waals surface area (Å²) in [4.78, 5) is 34.9. The van der Waals surface area contributed by atoms with Crippen LogP contribution in [0.3, 0.4) is 0 Å². The normalized spacial score (nSPS) is 13.5. The van der Waals surface area contributed by atoms with Crippen LogP contribution in [0.2, 0.25) is 0 Å². The molecule has 0 aliphatic carbocycles. The van der Waals surface area contributed by atoms with Gasteiger partial charge in [-0.3, -0.25) is 14.2 Å². The number of carbonyl (C=O) groups is 2. The Balaban J connectivity index is 2.14. The lowest BCUT2D eigenvalue weighted by Crippen LogP contribution is -2.54. The highest BCUT2D eigenvalue weighted by Crippen LogP contribution is 2.42. The number of pyridine rings is 1. The number of ether oxygens (including phenoxy) is 3. The van der Waals surface area contributed by atoms with Crippen molar-refractivity contribution in [3.63, 3.8) is 0 Å². The maximum absolute atomic E-state index is 14.5. The molecule has 0 fully saturated rings. The highest BCUT2D eigenvalue weighted by atomic mass is 31.2. The number of nitrogens with two attached hydrogens (primary N) is 1. The van der Waals surface area contributed by atoms with Crippen molar-refractivity contribution in [1.29, 1.82) is 0 Å². The van der Waals surface area contributed by atoms with Crippen LogP contribution < -0.4 is 15.9 Å². The van der Waals surface area contributed by atoms with Crippen LogP contribution in [0.4, 0.5) is 5.69 Å². The van der Waals surface area contributed by atoms with Crippen LogP contribution in [0.5, 0.6) is 0 Å². The minimum Gasteiger partial charge on any atom is -0.464 e. The number of esters is 2. The maximum atomic E-state index is 14.5. The predicted octanol–water partition coefficient (Wildman–Crippen LogP) is 6.04. The van der Waals surface area contributed by atoms with E-state index in [1.807, 2.05) is 11.5 Å². The summed E-state index contributed by atoms with van der Waals surface area (Å²) in [6.45, 7) is 17.8. The zero-order chi connectivity index (χ0) is 33.8. The van der Waals surface area contributed by atoms with Gasteiger partial charge in [-0.05, 0) is 78.2 Å². The molecule has 0 aliphatic rings. The second-order valence-electron chi connectivity index (χ2n) is 13.8. The lowest BCUT2D eigenvalue weighted by atomic mass is 10.1. The fraction of sp³-hybridized carbons (Fsp3) is 0.750. The Kier molecular flexibility index (Phi) is 14.9. The summed E-state index contributed by atoms with van der Waals surface area (Å²) in [6.07, 6.45) is 7.99. The van der Waals surface area contributed by atoms with Crippen LogP contribution >= 0.6 is 7.44 Å². The SMILES string of the molecule is CC(C)CCCCOC(=O)C(C)(C)NP(=O)(CO[C@H](C)Cn1cnc2c(N)ccnc21)NC(C)(C)C(=O)OCCCCC(C)C. The van der Waals surface area contributed by atoms with Gasteiger partial charge in [-0.2, -0.15) is 0 Å². The summed E-state index contributed by atoms with van der Waals surface area (Å²) < 4.78 is 33.5. The third kappa shape index (κ3) is 13.0. The first-order chi connectivity index (χ1) is 21.0. The number of carbonyl (C=O) groups excluding carboxylic acids is 2. The second-order valence-corrected chi connectivity index (χ2v) is 16.0. The molecule has 2 aromatic rings. The van der Waals surface area contributed by atoms with E-state index in [4.69, 9.17) is 19.9 Å². The molecular formula is C32H57N6O6P. The Morgan fingerprint density at radius 1 is 0.889 bits per heavy atom. The largest absolute Gasteiger partial charge is 0.464 e. The van der Waals surface area contributed by atoms with Crippen LogP contribution in [0.1, 0.15) is 101 Å². The lowest BCUT2D eigenvalue weighted by Gasteiger charge is -2.35. The van der Waals surface area contributed by atoms with Crippen molar-refractivity contribution in [3.8, 4) is 0 Å². The zero-order valence-electron chi connectivity index (χ0n) is 28.9. The molecule has 0 aliphatic heterocycles. The molecule has 13 heteroatoms. The van der Waals surface area contributed by atoms with Gasteiger partial charge in [-0.25, -0.2) is 20.1 Å². The number of aromatic nitrogens is 3. The Morgan fingerprint density at radius 3 is 1.89 bits per heavy atom. The van der Waals surface area contributed by atoms with Gasteiger partial charge in [0, 0.05) is 6.20 Å². The zero-order valence-corrected chi connectivity index (χ0v) is 29.7. The van der Waals surface area contributed by atoms with Crippen LogP contribution in [-0.4, -0.2) is 63.2 Å². The number of hydrogen-bond donors (Lipinski definition) is 3. The van der Waals surface area contributed by atoms with E-state index in [1.165, 1.54) is 0 Å². The molecule has 256 valence electrons. The molecule has 0 spiro atoms. The topological polar surface area (TPSA) is 160 Å². The van der Waals surface area contributed by atoms with Gasteiger partial charge in [-0.15, -0.1) is 0 Å². The quantitative estimate of drug-likeness (QED) is 0.0819. The van der Waals surface area contributed by atoms with Crippen LogP contribution in [0, 0.1) is 11.8 Å². The Hall–Kier alpha value is -2.53. The number of nitrogen functional groups attached to an aromatic ring is 1. The highest BCUT2D eigenvalue weighted by molar-refractivity contribution is 7.59. The molecule has 0 unspecified atom stereocenters. The first-order valence-corrected chi connectivity index (χ1v) is 18.0. The molecule has 0 saturated heterocycles. The number of nitrogens with one attached hydrogen (secondary N) is 2. The first-order valence-electron chi connectivity index (χ1n) is 16.1. The third-order valence-corrected chi connectivity index (χ3v) is 9.64. The number of imidazole rings is 1. The molecule has 12 nitrogen and oxygen atoms in total. The molecule has 0 radical (unpaired) electrons. The molecule has 45 heavy (non-hydrogen) atoms. The molecule has 4 N–H and O–H groups in total. The summed E-state index contributed by atoms with van der Waals surface area (Å²) in [6, 6.07) is 1.68. The minimum absolute atomic E-state index is 0.272. The average Bonchev–Trinajstić information content (AvgIpc) is 3.34. The molecule has 2 heterocycles. The molecule has 0 amide bonds. The number of fused-ring (bicyclic) bond motifs is 1. The van der Waals surface area contributed by atoms with Gasteiger partial charge < -0.3 is 24.5 Å². The summed E-state index contributed by atoms with van der Waals surface area (Å²) in [5, 5.41) is 5.94. The van der Waals surface area contributed by atoms with Crippen molar-refractivity contribution >= 4 is 36.2 Å². The second kappa shape index (κ2) is 17.4. The van der Waals surface area contributed by atoms with Gasteiger partial charge in [0.2, 0.25) is 7.44 Å². The van der Waals surface area contributed by atoms with Gasteiger partial charge in [-0.1, -0.05) is 40.5 Å². The van der Waals surface area contributed by atoms with E-state index in [0.29, 0.717) is 35.2 Å². The fourth-order valence-electron chi connectivity index (χ4n) is 4.76. The molecule has 1 atom stereocenters. The van der Waals surface area contributed by atoms with Crippen LogP contribution in [0.25, 0.3) is 11.2 Å². The van der Waals surface area contributed by atoms with Gasteiger partial charge in [0.1, 0.15) is 22.9 Å².